The fraction of sp³-hybridized carbons (Fsp3) is 0.0500. The number of ether oxygens (including phenoxy) is 1. The molecule has 2 N–H and O–H groups in total. The lowest BCUT2D eigenvalue weighted by molar-refractivity contribution is 0.415. The second kappa shape index (κ2) is 6.68. The van der Waals surface area contributed by atoms with Gasteiger partial charge in [-0.15, -0.1) is 0 Å². The zero-order valence-electron chi connectivity index (χ0n) is 14.1. The van der Waals surface area contributed by atoms with E-state index in [1.807, 2.05) is 54.6 Å². The van der Waals surface area contributed by atoms with Crippen LogP contribution in [0.5, 0.6) is 5.75 Å². The number of hydrogen-bond donors (Lipinski definition) is 2. The first-order valence-electron chi connectivity index (χ1n) is 8.09. The minimum absolute atomic E-state index is 0.407. The molecule has 0 saturated heterocycles. The van der Waals surface area contributed by atoms with E-state index in [2.05, 4.69) is 20.3 Å². The number of anilines is 2. The molecule has 0 aliphatic rings. The van der Waals surface area contributed by atoms with Crippen LogP contribution in [-0.4, -0.2) is 22.1 Å². The average molecular weight is 344 g/mol. The summed E-state index contributed by atoms with van der Waals surface area (Å²) in [6.07, 6.45) is 1.61. The molecule has 0 atom stereocenters. The van der Waals surface area contributed by atoms with E-state index >= 15 is 0 Å². The third kappa shape index (κ3) is 3.12. The third-order valence-corrected chi connectivity index (χ3v) is 4.05. The molecule has 0 bridgehead atoms. The summed E-state index contributed by atoms with van der Waals surface area (Å²) in [5, 5.41) is 4.01. The number of nitrogens with one attached hydrogen (secondary N) is 2. The topological polar surface area (TPSA) is 79.9 Å². The molecule has 0 amide bonds. The van der Waals surface area contributed by atoms with Crippen molar-refractivity contribution in [2.45, 2.75) is 0 Å². The number of benzene rings is 2. The van der Waals surface area contributed by atoms with Crippen LogP contribution in [0.3, 0.4) is 0 Å². The zero-order chi connectivity index (χ0) is 17.9. The number of aromatic amines is 1. The highest BCUT2D eigenvalue weighted by Gasteiger charge is 2.06. The van der Waals surface area contributed by atoms with Crippen LogP contribution in [0.4, 0.5) is 11.5 Å². The number of aromatic nitrogens is 3. The molecule has 4 rings (SSSR count). The van der Waals surface area contributed by atoms with Crippen LogP contribution in [0.2, 0.25) is 0 Å². The fourth-order valence-electron chi connectivity index (χ4n) is 2.78. The molecule has 0 unspecified atom stereocenters. The van der Waals surface area contributed by atoms with Crippen LogP contribution >= 0.6 is 0 Å². The maximum absolute atomic E-state index is 11.8. The Balaban J connectivity index is 1.70. The number of H-pyrrole nitrogens is 1. The quantitative estimate of drug-likeness (QED) is 0.589. The monoisotopic (exact) mass is 344 g/mol. The lowest BCUT2D eigenvalue weighted by Gasteiger charge is -2.10. The van der Waals surface area contributed by atoms with Crippen molar-refractivity contribution in [3.8, 4) is 16.9 Å². The van der Waals surface area contributed by atoms with Crippen molar-refractivity contribution in [1.29, 1.82) is 0 Å². The summed E-state index contributed by atoms with van der Waals surface area (Å²) in [5.41, 5.74) is 2.95. The van der Waals surface area contributed by atoms with Gasteiger partial charge in [0, 0.05) is 11.9 Å². The molecule has 0 aliphatic heterocycles. The molecule has 2 heterocycles. The van der Waals surface area contributed by atoms with Crippen LogP contribution < -0.4 is 15.7 Å². The van der Waals surface area contributed by atoms with Gasteiger partial charge in [-0.05, 0) is 47.5 Å². The maximum Gasteiger partial charge on any atom is 0.348 e. The smallest absolute Gasteiger partial charge is 0.348 e. The molecule has 0 radical (unpaired) electrons. The van der Waals surface area contributed by atoms with Crippen molar-refractivity contribution in [2.75, 3.05) is 12.4 Å². The van der Waals surface area contributed by atoms with Gasteiger partial charge in [0.15, 0.2) is 5.65 Å². The molecule has 0 spiro atoms. The molecule has 0 saturated carbocycles. The van der Waals surface area contributed by atoms with Crippen LogP contribution in [0.15, 0.2) is 71.7 Å². The number of methoxy groups -OCH3 is 1. The minimum Gasteiger partial charge on any atom is -0.497 e. The van der Waals surface area contributed by atoms with E-state index in [9.17, 15) is 4.79 Å². The van der Waals surface area contributed by atoms with Crippen molar-refractivity contribution in [3.63, 3.8) is 0 Å². The number of rotatable bonds is 4. The zero-order valence-corrected chi connectivity index (χ0v) is 14.1. The lowest BCUT2D eigenvalue weighted by atomic mass is 10.0. The highest BCUT2D eigenvalue weighted by molar-refractivity contribution is 5.88. The van der Waals surface area contributed by atoms with E-state index < -0.39 is 5.69 Å². The normalized spacial score (nSPS) is 10.7. The maximum atomic E-state index is 11.8. The summed E-state index contributed by atoms with van der Waals surface area (Å²) in [7, 11) is 1.65. The van der Waals surface area contributed by atoms with E-state index in [1.165, 1.54) is 0 Å². The van der Waals surface area contributed by atoms with Crippen LogP contribution in [0, 0.1) is 0 Å². The fourth-order valence-corrected chi connectivity index (χ4v) is 2.78. The summed E-state index contributed by atoms with van der Waals surface area (Å²) in [6, 6.07) is 19.5. The van der Waals surface area contributed by atoms with E-state index in [-0.39, 0.29) is 0 Å². The number of fused-ring (bicyclic) bond motifs is 1. The summed E-state index contributed by atoms with van der Waals surface area (Å²) < 4.78 is 5.20. The first kappa shape index (κ1) is 15.8. The Bertz CT molecular complexity index is 1120. The Morgan fingerprint density at radius 1 is 1.00 bits per heavy atom. The molecule has 6 nitrogen and oxygen atoms in total. The lowest BCUT2D eigenvalue weighted by Crippen LogP contribution is -2.13. The standard InChI is InChI=1S/C20H16N4O2/c1-26-16-9-7-13(8-10-16)14-4-2-5-15(12-14)22-19-17-6-3-11-21-18(17)23-20(25)24-19/h2-12H,1H3,(H2,21,22,23,24,25). The number of hydrogen-bond acceptors (Lipinski definition) is 5. The Kier molecular flexibility index (Phi) is 4.07. The first-order chi connectivity index (χ1) is 12.7. The molecule has 4 aromatic rings. The van der Waals surface area contributed by atoms with Crippen LogP contribution in [0.1, 0.15) is 0 Å². The van der Waals surface area contributed by atoms with Crippen molar-refractivity contribution < 1.29 is 4.74 Å². The summed E-state index contributed by atoms with van der Waals surface area (Å²) in [4.78, 5) is 22.6. The van der Waals surface area contributed by atoms with Gasteiger partial charge in [-0.2, -0.15) is 4.98 Å². The van der Waals surface area contributed by atoms with Gasteiger partial charge < -0.3 is 10.1 Å². The van der Waals surface area contributed by atoms with Crippen LogP contribution in [-0.2, 0) is 0 Å². The van der Waals surface area contributed by atoms with Gasteiger partial charge in [-0.3, -0.25) is 4.98 Å². The van der Waals surface area contributed by atoms with Crippen molar-refractivity contribution >= 4 is 22.5 Å². The Hall–Kier alpha value is -3.67. The second-order valence-electron chi connectivity index (χ2n) is 5.73. The predicted molar refractivity (Wildman–Crippen MR) is 102 cm³/mol. The van der Waals surface area contributed by atoms with E-state index in [4.69, 9.17) is 4.74 Å². The SMILES string of the molecule is COc1ccc(-c2cccc(Nc3[nH]c(=O)nc4ncccc34)c2)cc1. The first-order valence-corrected chi connectivity index (χ1v) is 8.09. The third-order valence-electron chi connectivity index (χ3n) is 4.05. The van der Waals surface area contributed by atoms with E-state index in [1.54, 1.807) is 19.4 Å². The molecular weight excluding hydrogens is 328 g/mol. The molecule has 2 aromatic heterocycles. The van der Waals surface area contributed by atoms with Gasteiger partial charge >= 0.3 is 5.69 Å². The average Bonchev–Trinajstić information content (AvgIpc) is 2.68. The van der Waals surface area contributed by atoms with E-state index in [0.717, 1.165) is 28.0 Å². The molecule has 2 aromatic carbocycles. The summed E-state index contributed by atoms with van der Waals surface area (Å²) in [5.74, 6) is 1.39. The predicted octanol–water partition coefficient (Wildman–Crippen LogP) is 3.74. The molecule has 0 fully saturated rings. The molecule has 0 aliphatic carbocycles. The van der Waals surface area contributed by atoms with Gasteiger partial charge in [0.1, 0.15) is 11.6 Å². The Morgan fingerprint density at radius 2 is 1.85 bits per heavy atom. The van der Waals surface area contributed by atoms with Crippen molar-refractivity contribution in [2.24, 2.45) is 0 Å². The molecule has 26 heavy (non-hydrogen) atoms. The van der Waals surface area contributed by atoms with Gasteiger partial charge in [0.25, 0.3) is 0 Å². The Morgan fingerprint density at radius 3 is 2.65 bits per heavy atom. The highest BCUT2D eigenvalue weighted by atomic mass is 16.5. The van der Waals surface area contributed by atoms with Gasteiger partial charge in [-0.25, -0.2) is 9.78 Å². The largest absolute Gasteiger partial charge is 0.497 e. The molecular formula is C20H16N4O2. The summed E-state index contributed by atoms with van der Waals surface area (Å²) >= 11 is 0. The van der Waals surface area contributed by atoms with Gasteiger partial charge in [0.2, 0.25) is 0 Å². The minimum atomic E-state index is -0.440. The number of pyridine rings is 1. The van der Waals surface area contributed by atoms with Gasteiger partial charge in [0.05, 0.1) is 12.5 Å². The van der Waals surface area contributed by atoms with Crippen LogP contribution in [0.25, 0.3) is 22.2 Å². The van der Waals surface area contributed by atoms with Crippen molar-refractivity contribution in [3.05, 3.63) is 77.3 Å². The summed E-state index contributed by atoms with van der Waals surface area (Å²) in [6.45, 7) is 0. The van der Waals surface area contributed by atoms with Crippen molar-refractivity contribution in [1.82, 2.24) is 15.0 Å². The highest BCUT2D eigenvalue weighted by Crippen LogP contribution is 2.27. The second-order valence-corrected chi connectivity index (χ2v) is 5.73. The van der Waals surface area contributed by atoms with E-state index in [0.29, 0.717) is 11.5 Å². The molecule has 6 heteroatoms. The number of nitrogens with zero attached hydrogens (tertiary/aromatic N) is 2. The Labute approximate surface area is 149 Å². The van der Waals surface area contributed by atoms with Gasteiger partial charge in [-0.1, -0.05) is 24.3 Å². The molecule has 128 valence electrons.